The van der Waals surface area contributed by atoms with Crippen molar-refractivity contribution in [3.05, 3.63) is 89.2 Å². The Morgan fingerprint density at radius 2 is 1.76 bits per heavy atom. The van der Waals surface area contributed by atoms with Crippen molar-refractivity contribution in [1.82, 2.24) is 9.88 Å². The Balaban J connectivity index is 1.79. The lowest BCUT2D eigenvalue weighted by Crippen LogP contribution is -2.30. The van der Waals surface area contributed by atoms with Crippen LogP contribution in [0.1, 0.15) is 42.5 Å². The van der Waals surface area contributed by atoms with Crippen LogP contribution in [0.4, 0.5) is 0 Å². The summed E-state index contributed by atoms with van der Waals surface area (Å²) in [4.78, 5) is 31.1. The Bertz CT molecular complexity index is 1080. The third-order valence-corrected chi connectivity index (χ3v) is 5.59. The standard InChI is InChI=1S/C28H32N2O3/c1-4-30(27(31)14-12-22-9-7-6-8-10-22)20-25-15-21(3)11-13-26(25)24-16-23(18-29-19-24)17-28(32)33-5-2/h6-11,13,15-16,18-19H,4-5,12,14,17,20H2,1-3H3. The number of hydrogen-bond acceptors (Lipinski definition) is 4. The first-order chi connectivity index (χ1) is 16.0. The summed E-state index contributed by atoms with van der Waals surface area (Å²) in [5.41, 5.74) is 6.14. The summed E-state index contributed by atoms with van der Waals surface area (Å²) in [6.45, 7) is 7.39. The zero-order valence-corrected chi connectivity index (χ0v) is 19.7. The smallest absolute Gasteiger partial charge is 0.310 e. The molecule has 0 N–H and O–H groups in total. The summed E-state index contributed by atoms with van der Waals surface area (Å²) < 4.78 is 5.07. The normalized spacial score (nSPS) is 10.6. The minimum Gasteiger partial charge on any atom is -0.466 e. The SMILES string of the molecule is CCOC(=O)Cc1cncc(-c2ccc(C)cc2CN(CC)C(=O)CCc2ccccc2)c1. The Morgan fingerprint density at radius 1 is 0.970 bits per heavy atom. The third kappa shape index (κ3) is 7.01. The van der Waals surface area contributed by atoms with Crippen molar-refractivity contribution in [3.8, 4) is 11.1 Å². The van der Waals surface area contributed by atoms with E-state index in [0.29, 0.717) is 26.1 Å². The minimum absolute atomic E-state index is 0.142. The van der Waals surface area contributed by atoms with E-state index in [1.54, 1.807) is 19.3 Å². The van der Waals surface area contributed by atoms with E-state index in [1.807, 2.05) is 36.1 Å². The first-order valence-corrected chi connectivity index (χ1v) is 11.5. The number of carbonyl (C=O) groups is 2. The van der Waals surface area contributed by atoms with E-state index in [1.165, 1.54) is 5.56 Å². The molecule has 2 aromatic carbocycles. The molecular weight excluding hydrogens is 412 g/mol. The number of benzene rings is 2. The predicted octanol–water partition coefficient (Wildman–Crippen LogP) is 5.14. The maximum absolute atomic E-state index is 13.0. The van der Waals surface area contributed by atoms with Gasteiger partial charge in [0.2, 0.25) is 5.91 Å². The maximum atomic E-state index is 13.0. The van der Waals surface area contributed by atoms with E-state index in [2.05, 4.69) is 42.2 Å². The summed E-state index contributed by atoms with van der Waals surface area (Å²) in [6, 6.07) is 18.3. The first kappa shape index (κ1) is 24.2. The molecule has 3 rings (SSSR count). The Kier molecular flexibility index (Phi) is 8.76. The largest absolute Gasteiger partial charge is 0.466 e. The van der Waals surface area contributed by atoms with E-state index in [0.717, 1.165) is 34.2 Å². The van der Waals surface area contributed by atoms with Gasteiger partial charge in [-0.1, -0.05) is 54.1 Å². The number of nitrogens with zero attached hydrogens (tertiary/aromatic N) is 2. The summed E-state index contributed by atoms with van der Waals surface area (Å²) in [5, 5.41) is 0. The van der Waals surface area contributed by atoms with Crippen molar-refractivity contribution in [2.75, 3.05) is 13.2 Å². The van der Waals surface area contributed by atoms with Crippen LogP contribution >= 0.6 is 0 Å². The van der Waals surface area contributed by atoms with Crippen LogP contribution in [0.15, 0.2) is 67.0 Å². The van der Waals surface area contributed by atoms with E-state index in [9.17, 15) is 9.59 Å². The number of carbonyl (C=O) groups excluding carboxylic acids is 2. The lowest BCUT2D eigenvalue weighted by molar-refractivity contribution is -0.142. The zero-order valence-electron chi connectivity index (χ0n) is 19.7. The second-order valence-corrected chi connectivity index (χ2v) is 8.12. The van der Waals surface area contributed by atoms with Gasteiger partial charge < -0.3 is 9.64 Å². The average molecular weight is 445 g/mol. The number of aromatic nitrogens is 1. The molecule has 0 aliphatic carbocycles. The molecule has 0 saturated heterocycles. The van der Waals surface area contributed by atoms with Crippen LogP contribution in [-0.2, 0) is 33.7 Å². The van der Waals surface area contributed by atoms with Crippen LogP contribution in [0.2, 0.25) is 0 Å². The van der Waals surface area contributed by atoms with Crippen molar-refractivity contribution < 1.29 is 14.3 Å². The fraction of sp³-hybridized carbons (Fsp3) is 0.321. The van der Waals surface area contributed by atoms with Gasteiger partial charge in [-0.3, -0.25) is 14.6 Å². The molecule has 0 spiro atoms. The van der Waals surface area contributed by atoms with Crippen molar-refractivity contribution >= 4 is 11.9 Å². The second kappa shape index (κ2) is 12.0. The highest BCUT2D eigenvalue weighted by atomic mass is 16.5. The summed E-state index contributed by atoms with van der Waals surface area (Å²) >= 11 is 0. The molecule has 5 heteroatoms. The molecular formula is C28H32N2O3. The Hall–Kier alpha value is -3.47. The van der Waals surface area contributed by atoms with Crippen molar-refractivity contribution in [1.29, 1.82) is 0 Å². The minimum atomic E-state index is -0.262. The van der Waals surface area contributed by atoms with Crippen LogP contribution in [0.3, 0.4) is 0 Å². The molecule has 0 fully saturated rings. The molecule has 5 nitrogen and oxygen atoms in total. The number of aryl methyl sites for hydroxylation is 2. The second-order valence-electron chi connectivity index (χ2n) is 8.12. The molecule has 172 valence electrons. The van der Waals surface area contributed by atoms with Gasteiger partial charge in [-0.25, -0.2) is 0 Å². The Morgan fingerprint density at radius 3 is 2.48 bits per heavy atom. The van der Waals surface area contributed by atoms with Crippen LogP contribution in [0.25, 0.3) is 11.1 Å². The molecule has 0 unspecified atom stereocenters. The van der Waals surface area contributed by atoms with Crippen LogP contribution in [0, 0.1) is 6.92 Å². The van der Waals surface area contributed by atoms with Gasteiger partial charge in [0.05, 0.1) is 13.0 Å². The van der Waals surface area contributed by atoms with Crippen LogP contribution in [0.5, 0.6) is 0 Å². The Labute approximate surface area is 196 Å². The lowest BCUT2D eigenvalue weighted by Gasteiger charge is -2.23. The van der Waals surface area contributed by atoms with Gasteiger partial charge in [0, 0.05) is 37.5 Å². The first-order valence-electron chi connectivity index (χ1n) is 11.5. The molecule has 1 amide bonds. The fourth-order valence-corrected chi connectivity index (χ4v) is 3.88. The summed E-state index contributed by atoms with van der Waals surface area (Å²) in [6.07, 6.45) is 4.90. The van der Waals surface area contributed by atoms with Gasteiger partial charge in [-0.2, -0.15) is 0 Å². The van der Waals surface area contributed by atoms with Gasteiger partial charge in [0.25, 0.3) is 0 Å². The number of ether oxygens (including phenoxy) is 1. The number of amides is 1. The number of pyridine rings is 1. The van der Waals surface area contributed by atoms with E-state index >= 15 is 0 Å². The van der Waals surface area contributed by atoms with Gasteiger partial charge in [0.1, 0.15) is 0 Å². The summed E-state index contributed by atoms with van der Waals surface area (Å²) in [7, 11) is 0. The number of rotatable bonds is 10. The van der Waals surface area contributed by atoms with Crippen molar-refractivity contribution in [3.63, 3.8) is 0 Å². The number of esters is 1. The maximum Gasteiger partial charge on any atom is 0.310 e. The van der Waals surface area contributed by atoms with Crippen molar-refractivity contribution in [2.45, 2.75) is 46.6 Å². The van der Waals surface area contributed by atoms with Gasteiger partial charge >= 0.3 is 5.97 Å². The molecule has 0 bridgehead atoms. The fourth-order valence-electron chi connectivity index (χ4n) is 3.88. The molecule has 1 heterocycles. The number of hydrogen-bond donors (Lipinski definition) is 0. The highest BCUT2D eigenvalue weighted by Gasteiger charge is 2.16. The zero-order chi connectivity index (χ0) is 23.6. The predicted molar refractivity (Wildman–Crippen MR) is 131 cm³/mol. The lowest BCUT2D eigenvalue weighted by atomic mass is 9.97. The van der Waals surface area contributed by atoms with Gasteiger partial charge in [-0.05, 0) is 55.5 Å². The average Bonchev–Trinajstić information content (AvgIpc) is 2.82. The van der Waals surface area contributed by atoms with Gasteiger partial charge in [0.15, 0.2) is 0 Å². The van der Waals surface area contributed by atoms with Crippen LogP contribution < -0.4 is 0 Å². The summed E-state index contributed by atoms with van der Waals surface area (Å²) in [5.74, 6) is -0.121. The third-order valence-electron chi connectivity index (χ3n) is 5.59. The molecule has 0 radical (unpaired) electrons. The molecule has 0 saturated carbocycles. The molecule has 3 aromatic rings. The topological polar surface area (TPSA) is 59.5 Å². The van der Waals surface area contributed by atoms with E-state index in [4.69, 9.17) is 4.74 Å². The molecule has 0 aliphatic heterocycles. The van der Waals surface area contributed by atoms with Crippen molar-refractivity contribution in [2.24, 2.45) is 0 Å². The molecule has 0 aliphatic rings. The van der Waals surface area contributed by atoms with Crippen LogP contribution in [-0.4, -0.2) is 34.9 Å². The molecule has 1 aromatic heterocycles. The van der Waals surface area contributed by atoms with Gasteiger partial charge in [-0.15, -0.1) is 0 Å². The van der Waals surface area contributed by atoms with E-state index < -0.39 is 0 Å². The van der Waals surface area contributed by atoms with E-state index in [-0.39, 0.29) is 18.3 Å². The monoisotopic (exact) mass is 444 g/mol. The quantitative estimate of drug-likeness (QED) is 0.406. The highest BCUT2D eigenvalue weighted by molar-refractivity contribution is 5.77. The highest BCUT2D eigenvalue weighted by Crippen LogP contribution is 2.27. The molecule has 0 atom stereocenters. The molecule has 33 heavy (non-hydrogen) atoms.